The molecule has 0 spiro atoms. The second-order valence-electron chi connectivity index (χ2n) is 5.53. The van der Waals surface area contributed by atoms with E-state index in [9.17, 15) is 0 Å². The van der Waals surface area contributed by atoms with Crippen molar-refractivity contribution in [2.45, 2.75) is 38.9 Å². The molecule has 8 heteroatoms. The van der Waals surface area contributed by atoms with E-state index in [1.54, 1.807) is 15.9 Å². The lowest BCUT2D eigenvalue weighted by Gasteiger charge is -2.32. The van der Waals surface area contributed by atoms with Gasteiger partial charge in [-0.25, -0.2) is 15.8 Å². The number of nitrogens with two attached hydrogens (primary N) is 1. The third-order valence-corrected chi connectivity index (χ3v) is 5.33. The van der Waals surface area contributed by atoms with Crippen LogP contribution in [0.4, 0.5) is 5.95 Å². The molecule has 110 valence electrons. The smallest absolute Gasteiger partial charge is 0.241 e. The van der Waals surface area contributed by atoms with Crippen molar-refractivity contribution in [2.24, 2.45) is 5.84 Å². The van der Waals surface area contributed by atoms with Gasteiger partial charge in [-0.1, -0.05) is 6.92 Å². The van der Waals surface area contributed by atoms with Crippen LogP contribution in [0.2, 0.25) is 0 Å². The van der Waals surface area contributed by atoms with Gasteiger partial charge in [0.25, 0.3) is 0 Å². The lowest BCUT2D eigenvalue weighted by atomic mass is 9.90. The Hall–Kier alpha value is -1.77. The summed E-state index contributed by atoms with van der Waals surface area (Å²) in [5.41, 5.74) is 4.55. The monoisotopic (exact) mass is 304 g/mol. The fourth-order valence-corrected chi connectivity index (χ4v) is 3.90. The van der Waals surface area contributed by atoms with E-state index in [2.05, 4.69) is 34.3 Å². The number of rotatable bonds is 2. The summed E-state index contributed by atoms with van der Waals surface area (Å²) in [5, 5.41) is 5.28. The molecule has 0 aromatic carbocycles. The highest BCUT2D eigenvalue weighted by Crippen LogP contribution is 2.41. The largest absolute Gasteiger partial charge is 0.369 e. The van der Waals surface area contributed by atoms with Gasteiger partial charge in [0.2, 0.25) is 5.95 Å². The van der Waals surface area contributed by atoms with Crippen molar-refractivity contribution in [3.63, 3.8) is 0 Å². The van der Waals surface area contributed by atoms with Crippen molar-refractivity contribution in [3.8, 4) is 0 Å². The van der Waals surface area contributed by atoms with E-state index in [4.69, 9.17) is 10.6 Å². The second-order valence-corrected chi connectivity index (χ2v) is 6.61. The molecule has 1 atom stereocenters. The van der Waals surface area contributed by atoms with Crippen LogP contribution in [0.1, 0.15) is 30.7 Å². The van der Waals surface area contributed by atoms with Crippen molar-refractivity contribution in [1.82, 2.24) is 19.6 Å². The quantitative estimate of drug-likeness (QED) is 0.555. The van der Waals surface area contributed by atoms with Gasteiger partial charge in [-0.2, -0.15) is 9.61 Å². The van der Waals surface area contributed by atoms with Crippen LogP contribution in [0.15, 0.2) is 6.33 Å². The maximum absolute atomic E-state index is 6.02. The van der Waals surface area contributed by atoms with E-state index in [-0.39, 0.29) is 5.60 Å². The number of hydrogen-bond donors (Lipinski definition) is 2. The summed E-state index contributed by atoms with van der Waals surface area (Å²) in [4.78, 5) is 11.1. The molecule has 0 fully saturated rings. The summed E-state index contributed by atoms with van der Waals surface area (Å²) in [5.74, 6) is 6.03. The molecule has 0 unspecified atom stereocenters. The topological polar surface area (TPSA) is 90.4 Å². The summed E-state index contributed by atoms with van der Waals surface area (Å²) >= 11 is 1.65. The molecule has 0 radical (unpaired) electrons. The minimum Gasteiger partial charge on any atom is -0.369 e. The van der Waals surface area contributed by atoms with Crippen LogP contribution in [0.3, 0.4) is 0 Å². The number of aromatic nitrogens is 4. The normalized spacial score (nSPS) is 21.9. The molecule has 7 nitrogen and oxygen atoms in total. The summed E-state index contributed by atoms with van der Waals surface area (Å²) in [7, 11) is 0. The SMILES string of the molecule is CC[C@]1(C)Cc2c(sc3nc(NN)n4ncnc4c23)CO1. The zero-order valence-electron chi connectivity index (χ0n) is 11.9. The Kier molecular flexibility index (Phi) is 2.69. The van der Waals surface area contributed by atoms with E-state index in [0.29, 0.717) is 12.6 Å². The molecule has 0 saturated heterocycles. The maximum Gasteiger partial charge on any atom is 0.241 e. The Morgan fingerprint density at radius 2 is 2.43 bits per heavy atom. The lowest BCUT2D eigenvalue weighted by molar-refractivity contribution is -0.0542. The summed E-state index contributed by atoms with van der Waals surface area (Å²) in [6.07, 6.45) is 3.38. The highest BCUT2D eigenvalue weighted by atomic mass is 32.1. The molecule has 4 rings (SSSR count). The Balaban J connectivity index is 2.04. The number of thiophene rings is 1. The highest BCUT2D eigenvalue weighted by Gasteiger charge is 2.33. The van der Waals surface area contributed by atoms with Crippen molar-refractivity contribution in [2.75, 3.05) is 5.43 Å². The van der Waals surface area contributed by atoms with Crippen LogP contribution < -0.4 is 11.3 Å². The lowest BCUT2D eigenvalue weighted by Crippen LogP contribution is -2.33. The molecule has 1 aliphatic rings. The predicted molar refractivity (Wildman–Crippen MR) is 81.2 cm³/mol. The number of nitrogens with zero attached hydrogens (tertiary/aromatic N) is 4. The van der Waals surface area contributed by atoms with Gasteiger partial charge in [0.05, 0.1) is 17.6 Å². The maximum atomic E-state index is 6.02. The van der Waals surface area contributed by atoms with E-state index in [1.807, 2.05) is 0 Å². The van der Waals surface area contributed by atoms with Crippen molar-refractivity contribution < 1.29 is 4.74 Å². The summed E-state index contributed by atoms with van der Waals surface area (Å²) < 4.78 is 7.67. The molecular formula is C13H16N6OS. The van der Waals surface area contributed by atoms with Crippen molar-refractivity contribution in [3.05, 3.63) is 16.8 Å². The molecule has 0 aliphatic carbocycles. The number of hydrogen-bond acceptors (Lipinski definition) is 7. The van der Waals surface area contributed by atoms with Crippen molar-refractivity contribution in [1.29, 1.82) is 0 Å². The average molecular weight is 304 g/mol. The molecule has 4 heterocycles. The number of ether oxygens (including phenoxy) is 1. The fraction of sp³-hybridized carbons (Fsp3) is 0.462. The molecular weight excluding hydrogens is 288 g/mol. The van der Waals surface area contributed by atoms with Gasteiger partial charge in [-0.3, -0.25) is 5.43 Å². The summed E-state index contributed by atoms with van der Waals surface area (Å²) in [6.45, 7) is 4.94. The molecule has 0 saturated carbocycles. The van der Waals surface area contributed by atoms with Gasteiger partial charge in [0, 0.05) is 11.3 Å². The minimum absolute atomic E-state index is 0.122. The zero-order chi connectivity index (χ0) is 14.6. The molecule has 3 aromatic heterocycles. The van der Waals surface area contributed by atoms with Gasteiger partial charge in [-0.05, 0) is 18.9 Å². The minimum atomic E-state index is -0.122. The van der Waals surface area contributed by atoms with Crippen LogP contribution in [0.25, 0.3) is 15.9 Å². The second kappa shape index (κ2) is 4.36. The first-order chi connectivity index (χ1) is 10.1. The first kappa shape index (κ1) is 12.9. The van der Waals surface area contributed by atoms with Gasteiger partial charge in [0.15, 0.2) is 5.65 Å². The zero-order valence-corrected chi connectivity index (χ0v) is 12.7. The van der Waals surface area contributed by atoms with Gasteiger partial charge >= 0.3 is 0 Å². The third kappa shape index (κ3) is 1.76. The summed E-state index contributed by atoms with van der Waals surface area (Å²) in [6, 6.07) is 0. The molecule has 0 bridgehead atoms. The highest BCUT2D eigenvalue weighted by molar-refractivity contribution is 7.19. The van der Waals surface area contributed by atoms with E-state index < -0.39 is 0 Å². The van der Waals surface area contributed by atoms with Gasteiger partial charge in [0.1, 0.15) is 11.2 Å². The standard InChI is InChI=1S/C13H16N6OS/c1-3-13(2)4-7-8(5-20-13)21-11-9(7)10-15-6-16-19(10)12(17-11)18-14/h6H,3-5,14H2,1-2H3,(H,17,18)/t13-/m1/s1. The molecule has 21 heavy (non-hydrogen) atoms. The predicted octanol–water partition coefficient (Wildman–Crippen LogP) is 1.87. The average Bonchev–Trinajstić information content (AvgIpc) is 3.09. The number of hydrazine groups is 1. The van der Waals surface area contributed by atoms with E-state index in [1.165, 1.54) is 16.8 Å². The molecule has 0 amide bonds. The van der Waals surface area contributed by atoms with Crippen LogP contribution in [0.5, 0.6) is 0 Å². The van der Waals surface area contributed by atoms with Gasteiger partial charge < -0.3 is 4.74 Å². The number of fused-ring (bicyclic) bond motifs is 5. The van der Waals surface area contributed by atoms with Gasteiger partial charge in [-0.15, -0.1) is 11.3 Å². The Morgan fingerprint density at radius 3 is 3.19 bits per heavy atom. The van der Waals surface area contributed by atoms with Crippen LogP contribution >= 0.6 is 11.3 Å². The van der Waals surface area contributed by atoms with Crippen LogP contribution in [0, 0.1) is 0 Å². The van der Waals surface area contributed by atoms with Crippen LogP contribution in [-0.2, 0) is 17.8 Å². The molecule has 1 aliphatic heterocycles. The van der Waals surface area contributed by atoms with Crippen LogP contribution in [-0.4, -0.2) is 25.2 Å². The number of anilines is 1. The third-order valence-electron chi connectivity index (χ3n) is 4.23. The molecule has 3 N–H and O–H groups in total. The Morgan fingerprint density at radius 1 is 1.57 bits per heavy atom. The van der Waals surface area contributed by atoms with E-state index in [0.717, 1.165) is 28.7 Å². The Labute approximate surface area is 125 Å². The Bertz CT molecular complexity index is 840. The van der Waals surface area contributed by atoms with Crippen molar-refractivity contribution >= 4 is 33.1 Å². The molecule has 3 aromatic rings. The fourth-order valence-electron chi connectivity index (χ4n) is 2.81. The first-order valence-electron chi connectivity index (χ1n) is 6.90. The number of nitrogen functional groups attached to an aromatic ring is 1. The first-order valence-corrected chi connectivity index (χ1v) is 7.71. The number of nitrogens with one attached hydrogen (secondary N) is 1. The van der Waals surface area contributed by atoms with E-state index >= 15 is 0 Å².